The van der Waals surface area contributed by atoms with Crippen molar-refractivity contribution in [3.05, 3.63) is 12.2 Å². The summed E-state index contributed by atoms with van der Waals surface area (Å²) in [5.74, 6) is 1.92. The second-order valence-corrected chi connectivity index (χ2v) is 15.7. The van der Waals surface area contributed by atoms with E-state index in [0.29, 0.717) is 6.42 Å². The van der Waals surface area contributed by atoms with Gasteiger partial charge >= 0.3 is 0 Å². The van der Waals surface area contributed by atoms with Gasteiger partial charge in [-0.2, -0.15) is 5.10 Å². The van der Waals surface area contributed by atoms with Gasteiger partial charge < -0.3 is 4.48 Å². The SMILES string of the molecule is CCCCCCCCCCCCCCCCSC(NS(=O)(=O)CCC[N+](C)(C)C)C(CI)n1ncnc1C. The minimum atomic E-state index is -3.38. The van der Waals surface area contributed by atoms with E-state index in [2.05, 4.69) is 65.5 Å². The molecule has 0 saturated heterocycles. The van der Waals surface area contributed by atoms with Crippen LogP contribution in [0.15, 0.2) is 6.33 Å². The maximum Gasteiger partial charge on any atom is 0.212 e. The van der Waals surface area contributed by atoms with Crippen LogP contribution < -0.4 is 4.72 Å². The number of hydrogen-bond acceptors (Lipinski definition) is 5. The number of quaternary nitrogens is 1. The predicted molar refractivity (Wildman–Crippen MR) is 174 cm³/mol. The number of aromatic nitrogens is 3. The van der Waals surface area contributed by atoms with Crippen molar-refractivity contribution in [3.63, 3.8) is 0 Å². The number of sulfonamides is 1. The molecule has 0 spiro atoms. The Morgan fingerprint density at radius 2 is 1.45 bits per heavy atom. The predicted octanol–water partition coefficient (Wildman–Crippen LogP) is 7.12. The van der Waals surface area contributed by atoms with Crippen molar-refractivity contribution in [2.45, 2.75) is 122 Å². The lowest BCUT2D eigenvalue weighted by molar-refractivity contribution is -0.870. The number of thioether (sulfide) groups is 1. The van der Waals surface area contributed by atoms with Crippen LogP contribution in [-0.2, 0) is 10.0 Å². The van der Waals surface area contributed by atoms with E-state index in [1.54, 1.807) is 18.1 Å². The van der Waals surface area contributed by atoms with E-state index in [9.17, 15) is 8.42 Å². The summed E-state index contributed by atoms with van der Waals surface area (Å²) in [5.41, 5.74) is 0. The maximum atomic E-state index is 13.0. The van der Waals surface area contributed by atoms with Gasteiger partial charge in [-0.3, -0.25) is 0 Å². The second-order valence-electron chi connectivity index (χ2n) is 11.7. The van der Waals surface area contributed by atoms with Gasteiger partial charge in [-0.1, -0.05) is 113 Å². The zero-order valence-electron chi connectivity index (χ0n) is 25.0. The Hall–Kier alpha value is 0.0900. The molecule has 1 heterocycles. The Kier molecular flexibility index (Phi) is 19.9. The third-order valence-electron chi connectivity index (χ3n) is 6.91. The smallest absolute Gasteiger partial charge is 0.212 e. The van der Waals surface area contributed by atoms with E-state index in [-0.39, 0.29) is 17.2 Å². The normalized spacial score (nSPS) is 14.2. The summed E-state index contributed by atoms with van der Waals surface area (Å²) in [6.07, 6.45) is 21.0. The molecule has 0 radical (unpaired) electrons. The van der Waals surface area contributed by atoms with E-state index >= 15 is 0 Å². The molecule has 0 aliphatic rings. The highest BCUT2D eigenvalue weighted by molar-refractivity contribution is 14.1. The van der Waals surface area contributed by atoms with Gasteiger partial charge in [0.2, 0.25) is 10.0 Å². The van der Waals surface area contributed by atoms with Crippen LogP contribution in [0.5, 0.6) is 0 Å². The molecule has 0 amide bonds. The summed E-state index contributed by atoms with van der Waals surface area (Å²) >= 11 is 4.06. The molecule has 10 heteroatoms. The fourth-order valence-corrected chi connectivity index (χ4v) is 8.74. The van der Waals surface area contributed by atoms with E-state index in [1.165, 1.54) is 83.5 Å². The number of rotatable bonds is 25. The Morgan fingerprint density at radius 3 is 1.89 bits per heavy atom. The third kappa shape index (κ3) is 17.7. The maximum absolute atomic E-state index is 13.0. The Balaban J connectivity index is 2.39. The highest BCUT2D eigenvalue weighted by Gasteiger charge is 2.29. The second kappa shape index (κ2) is 20.9. The van der Waals surface area contributed by atoms with Crippen LogP contribution in [0.2, 0.25) is 0 Å². The molecular weight excluding hydrogens is 629 g/mol. The number of unbranched alkanes of at least 4 members (excludes halogenated alkanes) is 13. The first-order valence-corrected chi connectivity index (χ1v) is 19.2. The summed E-state index contributed by atoms with van der Waals surface area (Å²) in [7, 11) is 2.90. The highest BCUT2D eigenvalue weighted by Crippen LogP contribution is 2.27. The quantitative estimate of drug-likeness (QED) is 0.0390. The van der Waals surface area contributed by atoms with Crippen LogP contribution in [0, 0.1) is 6.92 Å². The van der Waals surface area contributed by atoms with Crippen molar-refractivity contribution in [2.24, 2.45) is 0 Å². The first kappa shape index (κ1) is 36.1. The summed E-state index contributed by atoms with van der Waals surface area (Å²) < 4.78 is 32.4. The van der Waals surface area contributed by atoms with Gasteiger partial charge in [-0.05, 0) is 19.1 Å². The van der Waals surface area contributed by atoms with Crippen LogP contribution in [0.3, 0.4) is 0 Å². The van der Waals surface area contributed by atoms with Crippen LogP contribution in [0.25, 0.3) is 0 Å². The lowest BCUT2D eigenvalue weighted by Crippen LogP contribution is -2.43. The Morgan fingerprint density at radius 1 is 0.921 bits per heavy atom. The van der Waals surface area contributed by atoms with Crippen LogP contribution in [-0.4, -0.2) is 76.7 Å². The van der Waals surface area contributed by atoms with E-state index in [0.717, 1.165) is 33.5 Å². The van der Waals surface area contributed by atoms with Crippen molar-refractivity contribution >= 4 is 44.4 Å². The average molecular weight is 687 g/mol. The zero-order valence-corrected chi connectivity index (χ0v) is 28.8. The molecule has 38 heavy (non-hydrogen) atoms. The topological polar surface area (TPSA) is 76.9 Å². The van der Waals surface area contributed by atoms with Gasteiger partial charge in [0, 0.05) is 10.8 Å². The first-order chi connectivity index (χ1) is 18.1. The standard InChI is InChI=1S/C28H57IN5O2S2/c1-6-7-8-9-10-11-12-13-14-15-16-17-18-19-22-37-28(27(24-29)33-26(2)30-25-31-33)32-38(35,36)23-20-21-34(3,4)5/h25,27-28,32H,6-24H2,1-5H3/q+1. The molecule has 7 nitrogen and oxygen atoms in total. The number of nitrogens with one attached hydrogen (secondary N) is 1. The van der Waals surface area contributed by atoms with Crippen molar-refractivity contribution in [3.8, 4) is 0 Å². The summed E-state index contributed by atoms with van der Waals surface area (Å²) in [6.45, 7) is 5.03. The summed E-state index contributed by atoms with van der Waals surface area (Å²) in [6, 6.07) is -0.0667. The lowest BCUT2D eigenvalue weighted by atomic mass is 10.0. The molecule has 0 saturated carbocycles. The molecule has 0 aromatic carbocycles. The van der Waals surface area contributed by atoms with Gasteiger partial charge in [-0.15, -0.1) is 11.8 Å². The molecule has 1 rings (SSSR count). The average Bonchev–Trinajstić information content (AvgIpc) is 3.26. The molecule has 0 aliphatic carbocycles. The minimum Gasteiger partial charge on any atom is -0.331 e. The van der Waals surface area contributed by atoms with Crippen molar-refractivity contribution in [1.29, 1.82) is 0 Å². The summed E-state index contributed by atoms with van der Waals surface area (Å²) in [4.78, 5) is 4.28. The molecule has 224 valence electrons. The number of halogens is 1. The molecule has 2 atom stereocenters. The van der Waals surface area contributed by atoms with E-state index in [4.69, 9.17) is 0 Å². The number of nitrogens with zero attached hydrogens (tertiary/aromatic N) is 4. The first-order valence-electron chi connectivity index (χ1n) is 14.9. The van der Waals surface area contributed by atoms with Crippen molar-refractivity contribution in [2.75, 3.05) is 43.6 Å². The molecule has 2 unspecified atom stereocenters. The Bertz CT molecular complexity index is 814. The molecule has 1 N–H and O–H groups in total. The highest BCUT2D eigenvalue weighted by atomic mass is 127. The molecule has 1 aromatic rings. The third-order valence-corrected chi connectivity index (χ3v) is 10.7. The van der Waals surface area contributed by atoms with Crippen LogP contribution in [0.4, 0.5) is 0 Å². The molecule has 0 aliphatic heterocycles. The van der Waals surface area contributed by atoms with Gasteiger partial charge in [0.25, 0.3) is 0 Å². The fraction of sp³-hybridized carbons (Fsp3) is 0.929. The monoisotopic (exact) mass is 686 g/mol. The number of aryl methyl sites for hydroxylation is 1. The minimum absolute atomic E-state index is 0.0667. The lowest BCUT2D eigenvalue weighted by Gasteiger charge is -2.27. The van der Waals surface area contributed by atoms with Gasteiger partial charge in [-0.25, -0.2) is 22.8 Å². The Labute approximate surface area is 252 Å². The van der Waals surface area contributed by atoms with Gasteiger partial charge in [0.15, 0.2) is 0 Å². The van der Waals surface area contributed by atoms with E-state index < -0.39 is 10.0 Å². The summed E-state index contributed by atoms with van der Waals surface area (Å²) in [5, 5.41) is 4.16. The molecule has 0 fully saturated rings. The number of hydrogen-bond donors (Lipinski definition) is 1. The van der Waals surface area contributed by atoms with Gasteiger partial charge in [0.1, 0.15) is 12.2 Å². The largest absolute Gasteiger partial charge is 0.331 e. The fourth-order valence-electron chi connectivity index (χ4n) is 4.60. The molecule has 0 bridgehead atoms. The van der Waals surface area contributed by atoms with Gasteiger partial charge in [0.05, 0.1) is 44.9 Å². The molecular formula is C28H57IN5O2S2+. The van der Waals surface area contributed by atoms with Crippen molar-refractivity contribution < 1.29 is 12.9 Å². The van der Waals surface area contributed by atoms with E-state index in [1.807, 2.05) is 11.6 Å². The van der Waals surface area contributed by atoms with Crippen LogP contribution >= 0.6 is 34.4 Å². The number of alkyl halides is 1. The molecule has 1 aromatic heterocycles. The van der Waals surface area contributed by atoms with Crippen LogP contribution in [0.1, 0.15) is 115 Å². The van der Waals surface area contributed by atoms with Crippen molar-refractivity contribution in [1.82, 2.24) is 19.5 Å². The zero-order chi connectivity index (χ0) is 28.3.